The molecule has 0 heterocycles. The van der Waals surface area contributed by atoms with E-state index in [1.807, 2.05) is 13.8 Å². The van der Waals surface area contributed by atoms with Crippen molar-refractivity contribution in [1.29, 1.82) is 0 Å². The van der Waals surface area contributed by atoms with Gasteiger partial charge in [0, 0.05) is 5.69 Å². The second-order valence-electron chi connectivity index (χ2n) is 4.15. The Morgan fingerprint density at radius 2 is 1.88 bits per heavy atom. The third-order valence-electron chi connectivity index (χ3n) is 2.90. The Kier molecular flexibility index (Phi) is 4.83. The number of nitrogens with two attached hydrogens (primary N) is 1. The second-order valence-corrected chi connectivity index (χ2v) is 6.56. The highest BCUT2D eigenvalue weighted by Crippen LogP contribution is 2.26. The van der Waals surface area contributed by atoms with Gasteiger partial charge in [0.25, 0.3) is 0 Å². The van der Waals surface area contributed by atoms with E-state index in [0.717, 1.165) is 12.8 Å². The number of hydrogen-bond acceptors (Lipinski definition) is 3. The largest absolute Gasteiger partial charge is 0.399 e. The number of benzene rings is 1. The predicted molar refractivity (Wildman–Crippen MR) is 72.0 cm³/mol. The van der Waals surface area contributed by atoms with Gasteiger partial charge in [-0.15, -0.1) is 0 Å². The van der Waals surface area contributed by atoms with Gasteiger partial charge in [0.15, 0.2) is 9.84 Å². The van der Waals surface area contributed by atoms with Crippen LogP contribution in [0.2, 0.25) is 5.02 Å². The Bertz CT molecular complexity index is 481. The van der Waals surface area contributed by atoms with Gasteiger partial charge in [-0.1, -0.05) is 38.3 Å². The summed E-state index contributed by atoms with van der Waals surface area (Å²) in [5.41, 5.74) is 6.01. The number of rotatable bonds is 5. The summed E-state index contributed by atoms with van der Waals surface area (Å²) >= 11 is 5.92. The van der Waals surface area contributed by atoms with Crippen molar-refractivity contribution in [2.45, 2.75) is 31.6 Å². The number of hydrogen-bond donors (Lipinski definition) is 1. The van der Waals surface area contributed by atoms with E-state index in [1.54, 1.807) is 6.07 Å². The zero-order valence-electron chi connectivity index (χ0n) is 10.1. The lowest BCUT2D eigenvalue weighted by atomic mass is 10.1. The summed E-state index contributed by atoms with van der Waals surface area (Å²) in [7, 11) is -3.32. The van der Waals surface area contributed by atoms with Crippen molar-refractivity contribution in [2.75, 3.05) is 11.5 Å². The number of halogens is 1. The molecule has 2 N–H and O–H groups in total. The van der Waals surface area contributed by atoms with E-state index in [1.165, 1.54) is 12.1 Å². The van der Waals surface area contributed by atoms with Crippen LogP contribution in [0, 0.1) is 5.92 Å². The Morgan fingerprint density at radius 1 is 1.29 bits per heavy atom. The maximum Gasteiger partial charge on any atom is 0.180 e. The Hall–Kier alpha value is -0.740. The molecule has 0 aromatic heterocycles. The minimum atomic E-state index is -3.32. The van der Waals surface area contributed by atoms with Crippen LogP contribution in [0.1, 0.15) is 26.7 Å². The molecule has 0 aliphatic heterocycles. The van der Waals surface area contributed by atoms with Crippen LogP contribution in [-0.4, -0.2) is 14.2 Å². The van der Waals surface area contributed by atoms with Gasteiger partial charge in [-0.3, -0.25) is 0 Å². The van der Waals surface area contributed by atoms with Crippen molar-refractivity contribution in [3.05, 3.63) is 23.2 Å². The fourth-order valence-electron chi connectivity index (χ4n) is 1.69. The molecule has 0 saturated heterocycles. The monoisotopic (exact) mass is 275 g/mol. The van der Waals surface area contributed by atoms with E-state index in [4.69, 9.17) is 17.3 Å². The number of anilines is 1. The lowest BCUT2D eigenvalue weighted by Crippen LogP contribution is -2.15. The molecular formula is C12H18ClNO2S. The standard InChI is InChI=1S/C12H18ClNO2S/c1-3-9(4-2)8-17(15,16)12-6-5-10(14)7-11(12)13/h5-7,9H,3-4,8,14H2,1-2H3. The fourth-order valence-corrected chi connectivity index (χ4v) is 4.14. The third-order valence-corrected chi connectivity index (χ3v) is 5.26. The molecule has 0 unspecified atom stereocenters. The molecular weight excluding hydrogens is 258 g/mol. The van der Waals surface area contributed by atoms with Crippen molar-refractivity contribution in [2.24, 2.45) is 5.92 Å². The van der Waals surface area contributed by atoms with Gasteiger partial charge in [0.05, 0.1) is 15.7 Å². The molecule has 0 atom stereocenters. The van der Waals surface area contributed by atoms with E-state index in [0.29, 0.717) is 5.69 Å². The summed E-state index contributed by atoms with van der Waals surface area (Å²) in [6.07, 6.45) is 1.70. The average Bonchev–Trinajstić information content (AvgIpc) is 2.25. The molecule has 0 radical (unpaired) electrons. The summed E-state index contributed by atoms with van der Waals surface area (Å²) in [5, 5.41) is 0.205. The highest BCUT2D eigenvalue weighted by atomic mass is 35.5. The van der Waals surface area contributed by atoms with Crippen molar-refractivity contribution in [1.82, 2.24) is 0 Å². The van der Waals surface area contributed by atoms with Crippen LogP contribution < -0.4 is 5.73 Å². The van der Waals surface area contributed by atoms with E-state index in [-0.39, 0.29) is 21.6 Å². The minimum absolute atomic E-state index is 0.142. The van der Waals surface area contributed by atoms with E-state index >= 15 is 0 Å². The quantitative estimate of drug-likeness (QED) is 0.840. The van der Waals surface area contributed by atoms with Crippen molar-refractivity contribution in [3.8, 4) is 0 Å². The molecule has 0 fully saturated rings. The summed E-state index contributed by atoms with van der Waals surface area (Å²) in [4.78, 5) is 0.181. The van der Waals surface area contributed by atoms with Gasteiger partial charge in [-0.25, -0.2) is 8.42 Å². The first-order valence-electron chi connectivity index (χ1n) is 5.68. The van der Waals surface area contributed by atoms with E-state index < -0.39 is 9.84 Å². The van der Waals surface area contributed by atoms with Crippen molar-refractivity contribution >= 4 is 27.1 Å². The Morgan fingerprint density at radius 3 is 2.35 bits per heavy atom. The molecule has 0 aliphatic carbocycles. The lowest BCUT2D eigenvalue weighted by Gasteiger charge is -2.13. The molecule has 0 saturated carbocycles. The topological polar surface area (TPSA) is 60.2 Å². The predicted octanol–water partition coefficient (Wildman–Crippen LogP) is 3.13. The molecule has 0 bridgehead atoms. The molecule has 0 aliphatic rings. The first-order valence-corrected chi connectivity index (χ1v) is 7.71. The summed E-state index contributed by atoms with van der Waals surface area (Å²) in [6.45, 7) is 3.99. The van der Waals surface area contributed by atoms with Gasteiger partial charge < -0.3 is 5.73 Å². The first kappa shape index (κ1) is 14.3. The normalized spacial score (nSPS) is 12.0. The number of nitrogen functional groups attached to an aromatic ring is 1. The molecule has 96 valence electrons. The fraction of sp³-hybridized carbons (Fsp3) is 0.500. The van der Waals surface area contributed by atoms with Crippen molar-refractivity contribution in [3.63, 3.8) is 0 Å². The van der Waals surface area contributed by atoms with E-state index in [2.05, 4.69) is 0 Å². The lowest BCUT2D eigenvalue weighted by molar-refractivity contribution is 0.523. The molecule has 17 heavy (non-hydrogen) atoms. The number of sulfone groups is 1. The van der Waals surface area contributed by atoms with Gasteiger partial charge in [-0.05, 0) is 24.1 Å². The Balaban J connectivity index is 3.05. The molecule has 3 nitrogen and oxygen atoms in total. The smallest absolute Gasteiger partial charge is 0.180 e. The average molecular weight is 276 g/mol. The van der Waals surface area contributed by atoms with Crippen LogP contribution in [0.5, 0.6) is 0 Å². The first-order chi connectivity index (χ1) is 7.90. The summed E-state index contributed by atoms with van der Waals surface area (Å²) in [5.74, 6) is 0.317. The molecule has 1 rings (SSSR count). The zero-order valence-corrected chi connectivity index (χ0v) is 11.7. The molecule has 0 amide bonds. The van der Waals surface area contributed by atoms with Crippen LogP contribution in [0.4, 0.5) is 5.69 Å². The van der Waals surface area contributed by atoms with Crippen LogP contribution in [0.15, 0.2) is 23.1 Å². The maximum absolute atomic E-state index is 12.2. The maximum atomic E-state index is 12.2. The van der Waals surface area contributed by atoms with Crippen LogP contribution in [0.3, 0.4) is 0 Å². The Labute approximate surface area is 108 Å². The van der Waals surface area contributed by atoms with E-state index in [9.17, 15) is 8.42 Å². The van der Waals surface area contributed by atoms with Gasteiger partial charge in [0.2, 0.25) is 0 Å². The summed E-state index contributed by atoms with van der Waals surface area (Å²) < 4.78 is 24.3. The van der Waals surface area contributed by atoms with Crippen LogP contribution in [0.25, 0.3) is 0 Å². The van der Waals surface area contributed by atoms with Crippen LogP contribution >= 0.6 is 11.6 Å². The van der Waals surface area contributed by atoms with Crippen molar-refractivity contribution < 1.29 is 8.42 Å². The molecule has 1 aromatic rings. The van der Waals surface area contributed by atoms with Gasteiger partial charge in [-0.2, -0.15) is 0 Å². The molecule has 5 heteroatoms. The zero-order chi connectivity index (χ0) is 13.1. The highest BCUT2D eigenvalue weighted by molar-refractivity contribution is 7.91. The highest BCUT2D eigenvalue weighted by Gasteiger charge is 2.21. The SMILES string of the molecule is CCC(CC)CS(=O)(=O)c1ccc(N)cc1Cl. The minimum Gasteiger partial charge on any atom is -0.399 e. The molecule has 1 aromatic carbocycles. The van der Waals surface area contributed by atoms with Gasteiger partial charge in [0.1, 0.15) is 0 Å². The van der Waals surface area contributed by atoms with Gasteiger partial charge >= 0.3 is 0 Å². The second kappa shape index (κ2) is 5.74. The summed E-state index contributed by atoms with van der Waals surface area (Å²) in [6, 6.07) is 4.52. The molecule has 0 spiro atoms. The van der Waals surface area contributed by atoms with Crippen LogP contribution in [-0.2, 0) is 9.84 Å². The third kappa shape index (κ3) is 3.61.